The minimum Gasteiger partial charge on any atom is -0.449 e. The number of hydrogen-bond acceptors (Lipinski definition) is 8. The van der Waals surface area contributed by atoms with E-state index in [-0.39, 0.29) is 23.8 Å². The number of aromatic nitrogens is 4. The molecule has 3 aromatic rings. The summed E-state index contributed by atoms with van der Waals surface area (Å²) in [6.45, 7) is 10.4. The summed E-state index contributed by atoms with van der Waals surface area (Å²) in [4.78, 5) is 38.8. The van der Waals surface area contributed by atoms with Crippen LogP contribution in [0.25, 0.3) is 11.3 Å². The van der Waals surface area contributed by atoms with Crippen LogP contribution in [-0.2, 0) is 22.9 Å². The van der Waals surface area contributed by atoms with Crippen LogP contribution in [0.4, 0.5) is 21.2 Å². The van der Waals surface area contributed by atoms with Gasteiger partial charge in [0, 0.05) is 38.1 Å². The maximum Gasteiger partial charge on any atom is 0.409 e. The van der Waals surface area contributed by atoms with Crippen LogP contribution in [0.5, 0.6) is 0 Å². The van der Waals surface area contributed by atoms with E-state index in [1.165, 1.54) is 0 Å². The normalized spacial score (nSPS) is 17.1. The Hall–Kier alpha value is -4.19. The molecular weight excluding hydrogens is 548 g/mol. The van der Waals surface area contributed by atoms with Gasteiger partial charge >= 0.3 is 12.1 Å². The van der Waals surface area contributed by atoms with E-state index in [2.05, 4.69) is 33.7 Å². The molecule has 1 fully saturated rings. The average molecular weight is 591 g/mol. The molecule has 1 unspecified atom stereocenters. The van der Waals surface area contributed by atoms with E-state index >= 15 is 0 Å². The van der Waals surface area contributed by atoms with E-state index in [1.807, 2.05) is 52.2 Å². The predicted octanol–water partition coefficient (Wildman–Crippen LogP) is 4.67. The molecule has 5 rings (SSSR count). The second-order valence-corrected chi connectivity index (χ2v) is 12.1. The van der Waals surface area contributed by atoms with Gasteiger partial charge in [-0.3, -0.25) is 4.68 Å². The summed E-state index contributed by atoms with van der Waals surface area (Å²) in [5.74, 6) is 0.467. The standard InChI is InChI=1S/C31H42N8O4/c1-6-7-14-42-30(41)38-13-11-21-15-22(26-10-12-32-28(35-26)34-23-16-33-37(5)17-23)8-9-25(21)27(20-38)36-29(40)39-18-24(19-39)43-31(2,3)4/h8-10,12,15-17,24,27H,6-7,11,13-14,18-20H2,1-5H3,(H,36,40)(H,32,34,35). The summed E-state index contributed by atoms with van der Waals surface area (Å²) >= 11 is 0. The second kappa shape index (κ2) is 13.0. The minimum absolute atomic E-state index is 0.0187. The van der Waals surface area contributed by atoms with Crippen LogP contribution in [0, 0.1) is 0 Å². The van der Waals surface area contributed by atoms with Crippen LogP contribution in [0.1, 0.15) is 57.7 Å². The Kier molecular flexibility index (Phi) is 9.14. The summed E-state index contributed by atoms with van der Waals surface area (Å²) in [5.41, 5.74) is 4.24. The van der Waals surface area contributed by atoms with E-state index in [9.17, 15) is 9.59 Å². The zero-order chi connectivity index (χ0) is 30.6. The fraction of sp³-hybridized carbons (Fsp3) is 0.516. The van der Waals surface area contributed by atoms with Gasteiger partial charge in [0.25, 0.3) is 0 Å². The fourth-order valence-electron chi connectivity index (χ4n) is 5.28. The molecule has 1 saturated heterocycles. The van der Waals surface area contributed by atoms with Crippen molar-refractivity contribution in [1.29, 1.82) is 0 Å². The molecule has 2 aliphatic heterocycles. The van der Waals surface area contributed by atoms with Crippen LogP contribution in [-0.4, -0.2) is 86.2 Å². The number of urea groups is 1. The van der Waals surface area contributed by atoms with E-state index in [0.29, 0.717) is 45.2 Å². The molecule has 12 heteroatoms. The molecule has 230 valence electrons. The maximum absolute atomic E-state index is 13.3. The Balaban J connectivity index is 1.35. The molecule has 2 aliphatic rings. The van der Waals surface area contributed by atoms with Crippen molar-refractivity contribution in [2.24, 2.45) is 7.05 Å². The number of ether oxygens (including phenoxy) is 2. The third-order valence-corrected chi connectivity index (χ3v) is 7.42. The van der Waals surface area contributed by atoms with Crippen LogP contribution in [0.3, 0.4) is 0 Å². The van der Waals surface area contributed by atoms with Gasteiger partial charge in [-0.1, -0.05) is 25.5 Å². The molecule has 1 atom stereocenters. The number of fused-ring (bicyclic) bond motifs is 1. The Bertz CT molecular complexity index is 1430. The van der Waals surface area contributed by atoms with E-state index in [1.54, 1.807) is 26.9 Å². The number of likely N-dealkylation sites (tertiary alicyclic amines) is 1. The molecule has 12 nitrogen and oxygen atoms in total. The average Bonchev–Trinajstić information content (AvgIpc) is 3.26. The lowest BCUT2D eigenvalue weighted by Crippen LogP contribution is -2.59. The lowest BCUT2D eigenvalue weighted by atomic mass is 9.96. The first-order valence-corrected chi connectivity index (χ1v) is 14.9. The zero-order valence-electron chi connectivity index (χ0n) is 25.7. The number of nitrogens with one attached hydrogen (secondary N) is 2. The molecule has 4 heterocycles. The molecule has 0 spiro atoms. The number of nitrogens with zero attached hydrogens (tertiary/aromatic N) is 6. The summed E-state index contributed by atoms with van der Waals surface area (Å²) in [6.07, 6.45) is 7.32. The molecule has 0 aliphatic carbocycles. The van der Waals surface area contributed by atoms with E-state index < -0.39 is 6.04 Å². The topological polar surface area (TPSA) is 127 Å². The molecular formula is C31H42N8O4. The Morgan fingerprint density at radius 3 is 2.65 bits per heavy atom. The highest BCUT2D eigenvalue weighted by atomic mass is 16.6. The first-order chi connectivity index (χ1) is 20.6. The molecule has 3 amide bonds. The fourth-order valence-corrected chi connectivity index (χ4v) is 5.28. The van der Waals surface area contributed by atoms with Crippen molar-refractivity contribution in [2.75, 3.05) is 38.1 Å². The first kappa shape index (κ1) is 30.3. The summed E-state index contributed by atoms with van der Waals surface area (Å²) in [7, 11) is 1.85. The monoisotopic (exact) mass is 590 g/mol. The van der Waals surface area contributed by atoms with Crippen molar-refractivity contribution in [3.8, 4) is 11.3 Å². The van der Waals surface area contributed by atoms with Crippen LogP contribution in [0.2, 0.25) is 0 Å². The third-order valence-electron chi connectivity index (χ3n) is 7.42. The highest BCUT2D eigenvalue weighted by Gasteiger charge is 2.36. The lowest BCUT2D eigenvalue weighted by Gasteiger charge is -2.42. The van der Waals surface area contributed by atoms with Crippen LogP contribution in [0.15, 0.2) is 42.9 Å². The van der Waals surface area contributed by atoms with Crippen molar-refractivity contribution in [1.82, 2.24) is 34.9 Å². The predicted molar refractivity (Wildman–Crippen MR) is 163 cm³/mol. The Morgan fingerprint density at radius 2 is 1.93 bits per heavy atom. The van der Waals surface area contributed by atoms with E-state index in [0.717, 1.165) is 40.9 Å². The molecule has 0 radical (unpaired) electrons. The molecule has 2 N–H and O–H groups in total. The number of carbonyl (C=O) groups excluding carboxylic acids is 2. The number of unbranched alkanes of at least 4 members (excludes halogenated alkanes) is 1. The highest BCUT2D eigenvalue weighted by Crippen LogP contribution is 2.30. The van der Waals surface area contributed by atoms with E-state index in [4.69, 9.17) is 14.5 Å². The summed E-state index contributed by atoms with van der Waals surface area (Å²) in [5, 5.41) is 10.6. The number of benzene rings is 1. The number of anilines is 2. The molecule has 1 aromatic carbocycles. The minimum atomic E-state index is -0.395. The third kappa shape index (κ3) is 7.81. The van der Waals surface area contributed by atoms with Gasteiger partial charge in [0.2, 0.25) is 5.95 Å². The number of amides is 3. The maximum atomic E-state index is 13.3. The second-order valence-electron chi connectivity index (χ2n) is 12.1. The van der Waals surface area contributed by atoms with Gasteiger partial charge in [0.1, 0.15) is 0 Å². The quantitative estimate of drug-likeness (QED) is 0.363. The molecule has 0 saturated carbocycles. The number of carbonyl (C=O) groups is 2. The Morgan fingerprint density at radius 1 is 1.12 bits per heavy atom. The highest BCUT2D eigenvalue weighted by molar-refractivity contribution is 5.76. The van der Waals surface area contributed by atoms with Gasteiger partial charge in [0.15, 0.2) is 0 Å². The van der Waals surface area contributed by atoms with Crippen molar-refractivity contribution < 1.29 is 19.1 Å². The zero-order valence-corrected chi connectivity index (χ0v) is 25.7. The number of hydrogen-bond donors (Lipinski definition) is 2. The van der Waals surface area contributed by atoms with Gasteiger partial charge < -0.3 is 29.9 Å². The SMILES string of the molecule is CCCCOC(=O)N1CCc2cc(-c3ccnc(Nc4cnn(C)c4)n3)ccc2C(NC(=O)N2CC(OC(C)(C)C)C2)C1. The van der Waals surface area contributed by atoms with Gasteiger partial charge in [-0.05, 0) is 56.9 Å². The van der Waals surface area contributed by atoms with Gasteiger partial charge in [0.05, 0.1) is 55.0 Å². The number of rotatable bonds is 8. The molecule has 2 aromatic heterocycles. The van der Waals surface area contributed by atoms with Crippen LogP contribution >= 0.6 is 0 Å². The molecule has 0 bridgehead atoms. The largest absolute Gasteiger partial charge is 0.449 e. The first-order valence-electron chi connectivity index (χ1n) is 14.9. The summed E-state index contributed by atoms with van der Waals surface area (Å²) in [6, 6.07) is 7.42. The smallest absolute Gasteiger partial charge is 0.409 e. The molecule has 43 heavy (non-hydrogen) atoms. The lowest BCUT2D eigenvalue weighted by molar-refractivity contribution is -0.111. The number of aryl methyl sites for hydroxylation is 1. The Labute approximate surface area is 252 Å². The van der Waals surface area contributed by atoms with Gasteiger partial charge in [-0.15, -0.1) is 0 Å². The summed E-state index contributed by atoms with van der Waals surface area (Å²) < 4.78 is 13.3. The van der Waals surface area contributed by atoms with Gasteiger partial charge in [-0.2, -0.15) is 5.10 Å². The van der Waals surface area contributed by atoms with Crippen molar-refractivity contribution in [3.05, 3.63) is 54.0 Å². The van der Waals surface area contributed by atoms with Gasteiger partial charge in [-0.25, -0.2) is 19.6 Å². The van der Waals surface area contributed by atoms with Crippen LogP contribution < -0.4 is 10.6 Å². The van der Waals surface area contributed by atoms with Crippen molar-refractivity contribution >= 4 is 23.8 Å². The van der Waals surface area contributed by atoms with Crippen molar-refractivity contribution in [2.45, 2.75) is 64.7 Å². The van der Waals surface area contributed by atoms with Crippen molar-refractivity contribution in [3.63, 3.8) is 0 Å².